The fourth-order valence-corrected chi connectivity index (χ4v) is 4.03. The van der Waals surface area contributed by atoms with Crippen molar-refractivity contribution in [3.8, 4) is 0 Å². The molecule has 6 atom stereocenters. The van der Waals surface area contributed by atoms with Gasteiger partial charge in [0.1, 0.15) is 0 Å². The Morgan fingerprint density at radius 2 is 0.750 bits per heavy atom. The van der Waals surface area contributed by atoms with Gasteiger partial charge in [-0.25, -0.2) is 0 Å². The summed E-state index contributed by atoms with van der Waals surface area (Å²) in [5.41, 5.74) is 0. The summed E-state index contributed by atoms with van der Waals surface area (Å²) in [6.45, 7) is 0. The van der Waals surface area contributed by atoms with Crippen LogP contribution in [0.25, 0.3) is 0 Å². The number of fused-ring (bicyclic) bond motifs is 1. The Hall–Kier alpha value is -0.160. The molecular formula is C16H30O4. The molecule has 0 heterocycles. The minimum absolute atomic E-state index is 0.126. The van der Waals surface area contributed by atoms with E-state index in [2.05, 4.69) is 0 Å². The van der Waals surface area contributed by atoms with Crippen molar-refractivity contribution in [1.29, 1.82) is 0 Å². The van der Waals surface area contributed by atoms with E-state index in [0.717, 1.165) is 64.2 Å². The molecule has 0 saturated heterocycles. The lowest BCUT2D eigenvalue weighted by molar-refractivity contribution is -0.0529. The third-order valence-electron chi connectivity index (χ3n) is 5.31. The Bertz CT molecular complexity index is 256. The Morgan fingerprint density at radius 3 is 1.10 bits per heavy atom. The maximum atomic E-state index is 9.71. The number of hydrogen-bond acceptors (Lipinski definition) is 4. The van der Waals surface area contributed by atoms with E-state index < -0.39 is 12.2 Å². The van der Waals surface area contributed by atoms with E-state index in [1.807, 2.05) is 0 Å². The standard InChI is InChI=1S/C10H18O2.C6H12O2/c11-9-5-1-3-7-8(9)4-2-6-10(7)12;7-5-3-1-2-4-6(5)8/h7-12H,1-6H2;5-8H,1-4H2. The molecule has 6 unspecified atom stereocenters. The number of hydrogen-bond donors (Lipinski definition) is 4. The normalized spacial score (nSPS) is 45.0. The van der Waals surface area contributed by atoms with Crippen molar-refractivity contribution in [3.05, 3.63) is 0 Å². The lowest BCUT2D eigenvalue weighted by Gasteiger charge is -2.41. The molecule has 0 aromatic rings. The summed E-state index contributed by atoms with van der Waals surface area (Å²) in [6, 6.07) is 0. The third-order valence-corrected chi connectivity index (χ3v) is 5.31. The highest BCUT2D eigenvalue weighted by Crippen LogP contribution is 2.40. The predicted molar refractivity (Wildman–Crippen MR) is 77.2 cm³/mol. The molecule has 4 heteroatoms. The van der Waals surface area contributed by atoms with Crippen molar-refractivity contribution >= 4 is 0 Å². The molecule has 20 heavy (non-hydrogen) atoms. The van der Waals surface area contributed by atoms with Crippen LogP contribution in [0.3, 0.4) is 0 Å². The molecule has 3 aliphatic carbocycles. The summed E-state index contributed by atoms with van der Waals surface area (Å²) in [4.78, 5) is 0. The van der Waals surface area contributed by atoms with E-state index in [-0.39, 0.29) is 12.2 Å². The van der Waals surface area contributed by atoms with Gasteiger partial charge in [0.15, 0.2) is 0 Å². The molecule has 0 bridgehead atoms. The highest BCUT2D eigenvalue weighted by Gasteiger charge is 2.38. The van der Waals surface area contributed by atoms with Gasteiger partial charge in [0.2, 0.25) is 0 Å². The molecule has 4 N–H and O–H groups in total. The molecule has 118 valence electrons. The lowest BCUT2D eigenvalue weighted by atomic mass is 9.68. The van der Waals surface area contributed by atoms with E-state index >= 15 is 0 Å². The summed E-state index contributed by atoms with van der Waals surface area (Å²) in [6.07, 6.45) is 8.91. The van der Waals surface area contributed by atoms with Crippen LogP contribution in [0.15, 0.2) is 0 Å². The zero-order valence-corrected chi connectivity index (χ0v) is 12.3. The van der Waals surface area contributed by atoms with Crippen LogP contribution < -0.4 is 0 Å². The second kappa shape index (κ2) is 7.74. The lowest BCUT2D eigenvalue weighted by Crippen LogP contribution is -2.41. The van der Waals surface area contributed by atoms with E-state index in [1.165, 1.54) is 0 Å². The predicted octanol–water partition coefficient (Wildman–Crippen LogP) is 1.59. The quantitative estimate of drug-likeness (QED) is 0.545. The monoisotopic (exact) mass is 286 g/mol. The highest BCUT2D eigenvalue weighted by atomic mass is 16.3. The van der Waals surface area contributed by atoms with Crippen molar-refractivity contribution < 1.29 is 20.4 Å². The number of rotatable bonds is 0. The molecule has 3 aliphatic rings. The van der Waals surface area contributed by atoms with Crippen LogP contribution in [0.4, 0.5) is 0 Å². The Morgan fingerprint density at radius 1 is 0.400 bits per heavy atom. The fourth-order valence-electron chi connectivity index (χ4n) is 4.03. The van der Waals surface area contributed by atoms with Crippen LogP contribution in [0.2, 0.25) is 0 Å². The van der Waals surface area contributed by atoms with E-state index in [4.69, 9.17) is 10.2 Å². The molecule has 0 spiro atoms. The van der Waals surface area contributed by atoms with Crippen LogP contribution in [-0.2, 0) is 0 Å². The van der Waals surface area contributed by atoms with E-state index in [0.29, 0.717) is 11.8 Å². The first-order chi connectivity index (χ1) is 9.59. The molecule has 3 saturated carbocycles. The molecule has 0 aromatic heterocycles. The zero-order chi connectivity index (χ0) is 14.5. The summed E-state index contributed by atoms with van der Waals surface area (Å²) in [5.74, 6) is 0.810. The largest absolute Gasteiger partial charge is 0.393 e. The van der Waals surface area contributed by atoms with Gasteiger partial charge in [-0.15, -0.1) is 0 Å². The van der Waals surface area contributed by atoms with Crippen LogP contribution >= 0.6 is 0 Å². The van der Waals surface area contributed by atoms with Crippen LogP contribution in [0.5, 0.6) is 0 Å². The molecule has 3 rings (SSSR count). The van der Waals surface area contributed by atoms with Crippen LogP contribution in [-0.4, -0.2) is 44.8 Å². The molecule has 4 nitrogen and oxygen atoms in total. The van der Waals surface area contributed by atoms with Crippen molar-refractivity contribution in [2.75, 3.05) is 0 Å². The topological polar surface area (TPSA) is 80.9 Å². The van der Waals surface area contributed by atoms with Crippen molar-refractivity contribution in [2.45, 2.75) is 88.6 Å². The maximum absolute atomic E-state index is 9.71. The molecule has 3 fully saturated rings. The Kier molecular flexibility index (Phi) is 6.27. The number of aliphatic hydroxyl groups is 4. The fraction of sp³-hybridized carbons (Fsp3) is 1.00. The summed E-state index contributed by atoms with van der Waals surface area (Å²) in [7, 11) is 0. The zero-order valence-electron chi connectivity index (χ0n) is 12.3. The van der Waals surface area contributed by atoms with Gasteiger partial charge in [0.05, 0.1) is 24.4 Å². The van der Waals surface area contributed by atoms with Crippen molar-refractivity contribution in [2.24, 2.45) is 11.8 Å². The molecule has 0 aromatic carbocycles. The van der Waals surface area contributed by atoms with Gasteiger partial charge < -0.3 is 20.4 Å². The van der Waals surface area contributed by atoms with Crippen molar-refractivity contribution in [3.63, 3.8) is 0 Å². The van der Waals surface area contributed by atoms with Gasteiger partial charge in [-0.05, 0) is 50.4 Å². The van der Waals surface area contributed by atoms with Gasteiger partial charge >= 0.3 is 0 Å². The van der Waals surface area contributed by atoms with Crippen LogP contribution in [0, 0.1) is 11.8 Å². The smallest absolute Gasteiger partial charge is 0.0799 e. The third kappa shape index (κ3) is 4.17. The van der Waals surface area contributed by atoms with E-state index in [1.54, 1.807) is 0 Å². The minimum Gasteiger partial charge on any atom is -0.393 e. The van der Waals surface area contributed by atoms with Gasteiger partial charge in [-0.2, -0.15) is 0 Å². The van der Waals surface area contributed by atoms with Gasteiger partial charge in [-0.3, -0.25) is 0 Å². The van der Waals surface area contributed by atoms with Crippen LogP contribution in [0.1, 0.15) is 64.2 Å². The summed E-state index contributed by atoms with van der Waals surface area (Å²) < 4.78 is 0. The average Bonchev–Trinajstić information content (AvgIpc) is 2.44. The van der Waals surface area contributed by atoms with Gasteiger partial charge in [0.25, 0.3) is 0 Å². The second-order valence-corrected chi connectivity index (χ2v) is 6.74. The van der Waals surface area contributed by atoms with Crippen molar-refractivity contribution in [1.82, 2.24) is 0 Å². The Labute approximate surface area is 121 Å². The first-order valence-electron chi connectivity index (χ1n) is 8.32. The molecular weight excluding hydrogens is 256 g/mol. The maximum Gasteiger partial charge on any atom is 0.0799 e. The molecule has 0 radical (unpaired) electrons. The first-order valence-corrected chi connectivity index (χ1v) is 8.32. The van der Waals surface area contributed by atoms with E-state index in [9.17, 15) is 10.2 Å². The number of aliphatic hydroxyl groups excluding tert-OH is 4. The SMILES string of the molecule is OC1CCCC2C(O)CCCC12.OC1CCCCC1O. The van der Waals surface area contributed by atoms with Gasteiger partial charge in [-0.1, -0.05) is 25.7 Å². The highest BCUT2D eigenvalue weighted by molar-refractivity contribution is 4.89. The minimum atomic E-state index is -0.441. The molecule has 0 aliphatic heterocycles. The summed E-state index contributed by atoms with van der Waals surface area (Å²) >= 11 is 0. The second-order valence-electron chi connectivity index (χ2n) is 6.74. The first kappa shape index (κ1) is 16.2. The molecule has 0 amide bonds. The summed E-state index contributed by atoms with van der Waals surface area (Å²) in [5, 5.41) is 37.3. The average molecular weight is 286 g/mol. The van der Waals surface area contributed by atoms with Gasteiger partial charge in [0, 0.05) is 0 Å². The Balaban J connectivity index is 0.000000160.